The second kappa shape index (κ2) is 6.89. The highest BCUT2D eigenvalue weighted by atomic mass is 16.5. The molecule has 0 aromatic heterocycles. The van der Waals surface area contributed by atoms with Gasteiger partial charge in [-0.1, -0.05) is 30.3 Å². The molecule has 0 aliphatic carbocycles. The Morgan fingerprint density at radius 1 is 1.08 bits per heavy atom. The quantitative estimate of drug-likeness (QED) is 0.864. The number of ether oxygens (including phenoxy) is 1. The van der Waals surface area contributed by atoms with Crippen LogP contribution in [0.4, 0.5) is 0 Å². The van der Waals surface area contributed by atoms with Gasteiger partial charge in [0.25, 0.3) is 5.91 Å². The van der Waals surface area contributed by atoms with Crippen molar-refractivity contribution in [2.45, 2.75) is 25.4 Å². The van der Waals surface area contributed by atoms with Crippen molar-refractivity contribution in [3.63, 3.8) is 0 Å². The van der Waals surface area contributed by atoms with E-state index in [-0.39, 0.29) is 5.91 Å². The Morgan fingerprint density at radius 2 is 1.92 bits per heavy atom. The Morgan fingerprint density at radius 3 is 2.76 bits per heavy atom. The van der Waals surface area contributed by atoms with Crippen molar-refractivity contribution in [3.05, 3.63) is 65.2 Å². The average molecular weight is 336 g/mol. The predicted molar refractivity (Wildman–Crippen MR) is 97.9 cm³/mol. The first-order valence-electron chi connectivity index (χ1n) is 8.99. The molecule has 4 nitrogen and oxygen atoms in total. The van der Waals surface area contributed by atoms with Crippen LogP contribution in [0, 0.1) is 0 Å². The number of fused-ring (bicyclic) bond motifs is 1. The summed E-state index contributed by atoms with van der Waals surface area (Å²) in [6, 6.07) is 16.6. The Kier molecular flexibility index (Phi) is 4.45. The summed E-state index contributed by atoms with van der Waals surface area (Å²) in [5.74, 6) is 0.841. The largest absolute Gasteiger partial charge is 0.497 e. The lowest BCUT2D eigenvalue weighted by Gasteiger charge is -2.33. The summed E-state index contributed by atoms with van der Waals surface area (Å²) in [7, 11) is 1.63. The van der Waals surface area contributed by atoms with Crippen LogP contribution in [0.1, 0.15) is 27.9 Å². The zero-order valence-electron chi connectivity index (χ0n) is 14.6. The number of hydrogen-bond donors (Lipinski definition) is 0. The van der Waals surface area contributed by atoms with E-state index in [2.05, 4.69) is 29.2 Å². The summed E-state index contributed by atoms with van der Waals surface area (Å²) in [5, 5.41) is 0. The Bertz CT molecular complexity index is 774. The molecule has 2 aromatic rings. The molecular formula is C21H24N2O2. The maximum absolute atomic E-state index is 12.8. The number of hydrogen-bond acceptors (Lipinski definition) is 3. The molecule has 0 N–H and O–H groups in total. The van der Waals surface area contributed by atoms with Gasteiger partial charge < -0.3 is 9.64 Å². The number of amides is 1. The van der Waals surface area contributed by atoms with Gasteiger partial charge in [0, 0.05) is 37.8 Å². The minimum atomic E-state index is 0.110. The first-order chi connectivity index (χ1) is 12.2. The highest BCUT2D eigenvalue weighted by Gasteiger charge is 2.32. The van der Waals surface area contributed by atoms with Crippen LogP contribution in [0.2, 0.25) is 0 Å². The molecule has 1 fully saturated rings. The van der Waals surface area contributed by atoms with E-state index in [1.54, 1.807) is 7.11 Å². The van der Waals surface area contributed by atoms with Gasteiger partial charge in [0.05, 0.1) is 7.11 Å². The molecule has 0 bridgehead atoms. The molecule has 4 heteroatoms. The molecule has 0 spiro atoms. The van der Waals surface area contributed by atoms with E-state index < -0.39 is 0 Å². The third-order valence-electron chi connectivity index (χ3n) is 5.44. The molecule has 0 saturated carbocycles. The topological polar surface area (TPSA) is 32.8 Å². The standard InChI is InChI=1S/C21H24N2O2/c1-25-20-8-4-7-17(13-20)21(24)23-12-10-19(15-23)22-11-9-16-5-2-3-6-18(16)14-22/h2-8,13,19H,9-12,14-15H2,1H3. The van der Waals surface area contributed by atoms with Gasteiger partial charge in [-0.2, -0.15) is 0 Å². The maximum atomic E-state index is 12.8. The highest BCUT2D eigenvalue weighted by molar-refractivity contribution is 5.94. The third kappa shape index (κ3) is 3.27. The summed E-state index contributed by atoms with van der Waals surface area (Å²) < 4.78 is 5.24. The number of carbonyl (C=O) groups is 1. The summed E-state index contributed by atoms with van der Waals surface area (Å²) in [4.78, 5) is 17.3. The van der Waals surface area contributed by atoms with Crippen LogP contribution < -0.4 is 4.74 Å². The number of nitrogens with zero attached hydrogens (tertiary/aromatic N) is 2. The minimum absolute atomic E-state index is 0.110. The van der Waals surface area contributed by atoms with Gasteiger partial charge in [-0.05, 0) is 42.2 Å². The monoisotopic (exact) mass is 336 g/mol. The average Bonchev–Trinajstić information content (AvgIpc) is 3.17. The molecule has 4 rings (SSSR count). The molecule has 2 heterocycles. The van der Waals surface area contributed by atoms with Crippen LogP contribution in [0.15, 0.2) is 48.5 Å². The van der Waals surface area contributed by atoms with Gasteiger partial charge >= 0.3 is 0 Å². The summed E-state index contributed by atoms with van der Waals surface area (Å²) in [5.41, 5.74) is 3.62. The van der Waals surface area contributed by atoms with Crippen molar-refractivity contribution in [1.82, 2.24) is 9.80 Å². The molecule has 0 radical (unpaired) electrons. The van der Waals surface area contributed by atoms with Gasteiger partial charge in [-0.25, -0.2) is 0 Å². The fourth-order valence-corrected chi connectivity index (χ4v) is 3.99. The van der Waals surface area contributed by atoms with E-state index >= 15 is 0 Å². The normalized spacial score (nSPS) is 20.4. The number of likely N-dealkylation sites (tertiary alicyclic amines) is 1. The van der Waals surface area contributed by atoms with E-state index in [1.807, 2.05) is 29.2 Å². The Labute approximate surface area is 149 Å². The van der Waals surface area contributed by atoms with Gasteiger partial charge in [0.2, 0.25) is 0 Å². The molecule has 130 valence electrons. The smallest absolute Gasteiger partial charge is 0.254 e. The fraction of sp³-hybridized carbons (Fsp3) is 0.381. The van der Waals surface area contributed by atoms with Crippen LogP contribution >= 0.6 is 0 Å². The Balaban J connectivity index is 1.42. The van der Waals surface area contributed by atoms with E-state index in [0.29, 0.717) is 11.6 Å². The van der Waals surface area contributed by atoms with Crippen molar-refractivity contribution in [2.24, 2.45) is 0 Å². The van der Waals surface area contributed by atoms with Gasteiger partial charge in [0.15, 0.2) is 0 Å². The zero-order valence-corrected chi connectivity index (χ0v) is 14.6. The lowest BCUT2D eigenvalue weighted by atomic mass is 9.98. The number of methoxy groups -OCH3 is 1. The van der Waals surface area contributed by atoms with Gasteiger partial charge in [-0.15, -0.1) is 0 Å². The maximum Gasteiger partial charge on any atom is 0.254 e. The van der Waals surface area contributed by atoms with Crippen LogP contribution in [-0.2, 0) is 13.0 Å². The van der Waals surface area contributed by atoms with E-state index in [1.165, 1.54) is 11.1 Å². The number of benzene rings is 2. The lowest BCUT2D eigenvalue weighted by Crippen LogP contribution is -2.41. The third-order valence-corrected chi connectivity index (χ3v) is 5.44. The molecule has 2 aliphatic heterocycles. The van der Waals surface area contributed by atoms with Crippen molar-refractivity contribution < 1.29 is 9.53 Å². The minimum Gasteiger partial charge on any atom is -0.497 e. The molecule has 2 aromatic carbocycles. The van der Waals surface area contributed by atoms with E-state index in [4.69, 9.17) is 4.74 Å². The molecule has 1 saturated heterocycles. The SMILES string of the molecule is COc1cccc(C(=O)N2CCC(N3CCc4ccccc4C3)C2)c1. The van der Waals surface area contributed by atoms with Gasteiger partial charge in [0.1, 0.15) is 5.75 Å². The van der Waals surface area contributed by atoms with Crippen molar-refractivity contribution in [1.29, 1.82) is 0 Å². The summed E-state index contributed by atoms with van der Waals surface area (Å²) >= 11 is 0. The van der Waals surface area contributed by atoms with Crippen molar-refractivity contribution in [2.75, 3.05) is 26.7 Å². The first kappa shape index (κ1) is 16.2. The number of rotatable bonds is 3. The van der Waals surface area contributed by atoms with E-state index in [0.717, 1.165) is 44.8 Å². The predicted octanol–water partition coefficient (Wildman–Crippen LogP) is 2.97. The molecule has 1 atom stereocenters. The van der Waals surface area contributed by atoms with Gasteiger partial charge in [-0.3, -0.25) is 9.69 Å². The van der Waals surface area contributed by atoms with Crippen LogP contribution in [0.5, 0.6) is 5.75 Å². The number of carbonyl (C=O) groups excluding carboxylic acids is 1. The van der Waals surface area contributed by atoms with E-state index in [9.17, 15) is 4.79 Å². The van der Waals surface area contributed by atoms with Crippen LogP contribution in [-0.4, -0.2) is 48.5 Å². The van der Waals surface area contributed by atoms with Crippen LogP contribution in [0.3, 0.4) is 0 Å². The zero-order chi connectivity index (χ0) is 17.2. The summed E-state index contributed by atoms with van der Waals surface area (Å²) in [6.45, 7) is 3.74. The first-order valence-corrected chi connectivity index (χ1v) is 8.99. The van der Waals surface area contributed by atoms with Crippen molar-refractivity contribution >= 4 is 5.91 Å². The van der Waals surface area contributed by atoms with Crippen LogP contribution in [0.25, 0.3) is 0 Å². The molecule has 1 amide bonds. The van der Waals surface area contributed by atoms with Crippen molar-refractivity contribution in [3.8, 4) is 5.75 Å². The molecule has 25 heavy (non-hydrogen) atoms. The second-order valence-electron chi connectivity index (χ2n) is 6.91. The second-order valence-corrected chi connectivity index (χ2v) is 6.91. The Hall–Kier alpha value is -2.33. The highest BCUT2D eigenvalue weighted by Crippen LogP contribution is 2.25. The summed E-state index contributed by atoms with van der Waals surface area (Å²) in [6.07, 6.45) is 2.16. The fourth-order valence-electron chi connectivity index (χ4n) is 3.99. The lowest BCUT2D eigenvalue weighted by molar-refractivity contribution is 0.0773. The molecule has 1 unspecified atom stereocenters. The molecular weight excluding hydrogens is 312 g/mol. The molecule has 2 aliphatic rings.